The highest BCUT2D eigenvalue weighted by Gasteiger charge is 2.18. The zero-order valence-corrected chi connectivity index (χ0v) is 15.4. The Labute approximate surface area is 161 Å². The molecule has 4 rings (SSSR count). The quantitative estimate of drug-likeness (QED) is 0.561. The number of amides is 1. The second-order valence-electron chi connectivity index (χ2n) is 6.52. The summed E-state index contributed by atoms with van der Waals surface area (Å²) < 4.78 is 6.09. The summed E-state index contributed by atoms with van der Waals surface area (Å²) in [5, 5.41) is 3.28. The fraction of sp³-hybridized carbons (Fsp3) is 0.136. The first kappa shape index (κ1) is 17.7. The molecule has 2 aromatic heterocycles. The SMILES string of the molecule is Cc1c(-c2ccccc2)oc2c(C(=O)NCCc3cnc[nH]3)cccc2c1=O. The van der Waals surface area contributed by atoms with Crippen molar-refractivity contribution in [2.75, 3.05) is 6.54 Å². The van der Waals surface area contributed by atoms with Crippen molar-refractivity contribution in [2.45, 2.75) is 13.3 Å². The molecule has 0 radical (unpaired) electrons. The fourth-order valence-electron chi connectivity index (χ4n) is 3.18. The molecule has 6 heteroatoms. The van der Waals surface area contributed by atoms with Crippen molar-refractivity contribution in [3.05, 3.63) is 88.1 Å². The lowest BCUT2D eigenvalue weighted by atomic mass is 10.0. The van der Waals surface area contributed by atoms with E-state index < -0.39 is 0 Å². The van der Waals surface area contributed by atoms with Crippen LogP contribution >= 0.6 is 0 Å². The Morgan fingerprint density at radius 2 is 1.96 bits per heavy atom. The first-order chi connectivity index (χ1) is 13.6. The fourth-order valence-corrected chi connectivity index (χ4v) is 3.18. The van der Waals surface area contributed by atoms with E-state index in [2.05, 4.69) is 15.3 Å². The van der Waals surface area contributed by atoms with Gasteiger partial charge in [0.15, 0.2) is 11.0 Å². The molecule has 2 aromatic carbocycles. The van der Waals surface area contributed by atoms with Crippen LogP contribution in [0.25, 0.3) is 22.3 Å². The topological polar surface area (TPSA) is 88.0 Å². The minimum absolute atomic E-state index is 0.132. The van der Waals surface area contributed by atoms with Crippen LogP contribution in [-0.2, 0) is 6.42 Å². The van der Waals surface area contributed by atoms with Crippen LogP contribution in [0.1, 0.15) is 21.6 Å². The maximum atomic E-state index is 12.9. The molecule has 2 N–H and O–H groups in total. The molecule has 140 valence electrons. The van der Waals surface area contributed by atoms with Gasteiger partial charge in [-0.2, -0.15) is 0 Å². The van der Waals surface area contributed by atoms with Crippen molar-refractivity contribution >= 4 is 16.9 Å². The highest BCUT2D eigenvalue weighted by atomic mass is 16.3. The van der Waals surface area contributed by atoms with Gasteiger partial charge in [0.05, 0.1) is 17.3 Å². The van der Waals surface area contributed by atoms with Crippen LogP contribution in [0.4, 0.5) is 0 Å². The molecule has 28 heavy (non-hydrogen) atoms. The summed E-state index contributed by atoms with van der Waals surface area (Å²) in [7, 11) is 0. The van der Waals surface area contributed by atoms with E-state index in [9.17, 15) is 9.59 Å². The Bertz CT molecular complexity index is 1180. The molecule has 4 aromatic rings. The Hall–Kier alpha value is -3.67. The second-order valence-corrected chi connectivity index (χ2v) is 6.52. The lowest BCUT2D eigenvalue weighted by molar-refractivity contribution is 0.0954. The van der Waals surface area contributed by atoms with Gasteiger partial charge >= 0.3 is 0 Å². The third-order valence-electron chi connectivity index (χ3n) is 4.66. The van der Waals surface area contributed by atoms with E-state index in [-0.39, 0.29) is 11.3 Å². The highest BCUT2D eigenvalue weighted by Crippen LogP contribution is 2.27. The van der Waals surface area contributed by atoms with Gasteiger partial charge in [0.25, 0.3) is 5.91 Å². The van der Waals surface area contributed by atoms with E-state index in [1.807, 2.05) is 30.3 Å². The van der Waals surface area contributed by atoms with E-state index in [1.165, 1.54) is 0 Å². The number of hydrogen-bond donors (Lipinski definition) is 2. The molecule has 1 amide bonds. The maximum Gasteiger partial charge on any atom is 0.255 e. The monoisotopic (exact) mass is 373 g/mol. The average Bonchev–Trinajstić information content (AvgIpc) is 3.24. The number of nitrogens with zero attached hydrogens (tertiary/aromatic N) is 1. The van der Waals surface area contributed by atoms with Crippen LogP contribution in [0.3, 0.4) is 0 Å². The van der Waals surface area contributed by atoms with Crippen molar-refractivity contribution < 1.29 is 9.21 Å². The number of carbonyl (C=O) groups excluding carboxylic acids is 1. The van der Waals surface area contributed by atoms with Gasteiger partial charge < -0.3 is 14.7 Å². The number of benzene rings is 2. The van der Waals surface area contributed by atoms with Gasteiger partial charge in [-0.3, -0.25) is 9.59 Å². The average molecular weight is 373 g/mol. The molecular formula is C22H19N3O3. The van der Waals surface area contributed by atoms with Gasteiger partial charge in [-0.25, -0.2) is 4.98 Å². The van der Waals surface area contributed by atoms with Crippen LogP contribution in [0.5, 0.6) is 0 Å². The van der Waals surface area contributed by atoms with E-state index >= 15 is 0 Å². The first-order valence-corrected chi connectivity index (χ1v) is 9.02. The lowest BCUT2D eigenvalue weighted by Crippen LogP contribution is -2.26. The Balaban J connectivity index is 1.71. The smallest absolute Gasteiger partial charge is 0.255 e. The number of fused-ring (bicyclic) bond motifs is 1. The number of aromatic amines is 1. The number of para-hydroxylation sites is 1. The number of imidazole rings is 1. The second kappa shape index (κ2) is 7.52. The summed E-state index contributed by atoms with van der Waals surface area (Å²) >= 11 is 0. The number of nitrogens with one attached hydrogen (secondary N) is 2. The van der Waals surface area contributed by atoms with Gasteiger partial charge in [0.1, 0.15) is 5.76 Å². The lowest BCUT2D eigenvalue weighted by Gasteiger charge is -2.10. The van der Waals surface area contributed by atoms with Crippen molar-refractivity contribution in [1.29, 1.82) is 0 Å². The van der Waals surface area contributed by atoms with Crippen molar-refractivity contribution in [1.82, 2.24) is 15.3 Å². The Morgan fingerprint density at radius 1 is 1.14 bits per heavy atom. The summed E-state index contributed by atoms with van der Waals surface area (Å²) in [6.07, 6.45) is 3.96. The summed E-state index contributed by atoms with van der Waals surface area (Å²) in [5.74, 6) is 0.201. The van der Waals surface area contributed by atoms with Gasteiger partial charge in [0.2, 0.25) is 0 Å². The number of aromatic nitrogens is 2. The largest absolute Gasteiger partial charge is 0.455 e. The molecule has 0 aliphatic carbocycles. The normalized spacial score (nSPS) is 10.9. The number of rotatable bonds is 5. The van der Waals surface area contributed by atoms with Crippen molar-refractivity contribution in [2.24, 2.45) is 0 Å². The molecule has 0 aliphatic rings. The molecule has 6 nitrogen and oxygen atoms in total. The van der Waals surface area contributed by atoms with E-state index in [4.69, 9.17) is 4.42 Å². The third kappa shape index (κ3) is 3.32. The zero-order chi connectivity index (χ0) is 19.5. The van der Waals surface area contributed by atoms with Gasteiger partial charge in [0, 0.05) is 36.0 Å². The summed E-state index contributed by atoms with van der Waals surface area (Å²) in [6.45, 7) is 2.18. The number of carbonyl (C=O) groups is 1. The molecule has 0 aliphatic heterocycles. The van der Waals surface area contributed by atoms with Gasteiger partial charge in [-0.05, 0) is 19.1 Å². The van der Waals surface area contributed by atoms with E-state index in [1.54, 1.807) is 37.6 Å². The third-order valence-corrected chi connectivity index (χ3v) is 4.66. The predicted molar refractivity (Wildman–Crippen MR) is 107 cm³/mol. The van der Waals surface area contributed by atoms with Crippen molar-refractivity contribution in [3.63, 3.8) is 0 Å². The molecule has 0 spiro atoms. The summed E-state index contributed by atoms with van der Waals surface area (Å²) in [5.41, 5.74) is 2.77. The van der Waals surface area contributed by atoms with Gasteiger partial charge in [-0.1, -0.05) is 36.4 Å². The molecule has 2 heterocycles. The number of hydrogen-bond acceptors (Lipinski definition) is 4. The van der Waals surface area contributed by atoms with E-state index in [0.29, 0.717) is 40.8 Å². The molecular weight excluding hydrogens is 354 g/mol. The van der Waals surface area contributed by atoms with Gasteiger partial charge in [-0.15, -0.1) is 0 Å². The zero-order valence-electron chi connectivity index (χ0n) is 15.4. The summed E-state index contributed by atoms with van der Waals surface area (Å²) in [4.78, 5) is 32.6. The van der Waals surface area contributed by atoms with Crippen LogP contribution in [0, 0.1) is 6.92 Å². The van der Waals surface area contributed by atoms with Crippen LogP contribution < -0.4 is 10.7 Å². The molecule has 0 unspecified atom stereocenters. The van der Waals surface area contributed by atoms with Crippen LogP contribution in [0.2, 0.25) is 0 Å². The minimum Gasteiger partial charge on any atom is -0.455 e. The molecule has 0 saturated heterocycles. The maximum absolute atomic E-state index is 12.9. The Kier molecular flexibility index (Phi) is 4.76. The molecule has 0 bridgehead atoms. The number of H-pyrrole nitrogens is 1. The standard InChI is InChI=1S/C22H19N3O3/c1-14-19(26)17-8-5-9-18(22(27)24-11-10-16-12-23-13-25-16)21(17)28-20(14)15-6-3-2-4-7-15/h2-9,12-13H,10-11H2,1H3,(H,23,25)(H,24,27). The molecule has 0 atom stereocenters. The van der Waals surface area contributed by atoms with Crippen molar-refractivity contribution in [3.8, 4) is 11.3 Å². The Morgan fingerprint density at radius 3 is 2.71 bits per heavy atom. The van der Waals surface area contributed by atoms with Crippen LogP contribution in [0.15, 0.2) is 70.3 Å². The van der Waals surface area contributed by atoms with E-state index in [0.717, 1.165) is 11.3 Å². The predicted octanol–water partition coefficient (Wildman–Crippen LogP) is 3.46. The minimum atomic E-state index is -0.281. The first-order valence-electron chi connectivity index (χ1n) is 9.02. The van der Waals surface area contributed by atoms with Crippen LogP contribution in [-0.4, -0.2) is 22.4 Å². The molecule has 0 saturated carbocycles. The highest BCUT2D eigenvalue weighted by molar-refractivity contribution is 6.05. The summed E-state index contributed by atoms with van der Waals surface area (Å²) in [6, 6.07) is 14.5. The molecule has 0 fully saturated rings.